The van der Waals surface area contributed by atoms with Crippen LogP contribution in [0, 0.1) is 18.8 Å². The van der Waals surface area contributed by atoms with Crippen LogP contribution in [0.1, 0.15) is 31.3 Å². The molecule has 0 saturated carbocycles. The number of hydrogen-bond acceptors (Lipinski definition) is 8. The highest BCUT2D eigenvalue weighted by Gasteiger charge is 2.27. The van der Waals surface area contributed by atoms with Gasteiger partial charge in [0, 0.05) is 37.3 Å². The number of benzene rings is 1. The average molecular weight is 489 g/mol. The van der Waals surface area contributed by atoms with Crippen molar-refractivity contribution in [2.24, 2.45) is 7.05 Å². The van der Waals surface area contributed by atoms with Gasteiger partial charge in [-0.05, 0) is 32.8 Å². The van der Waals surface area contributed by atoms with Crippen LogP contribution >= 0.6 is 0 Å². The molecule has 4 heterocycles. The molecule has 0 spiro atoms. The molecule has 1 saturated heterocycles. The molecule has 0 radical (unpaired) electrons. The van der Waals surface area contributed by atoms with E-state index in [2.05, 4.69) is 27.3 Å². The Hall–Kier alpha value is -4.01. The summed E-state index contributed by atoms with van der Waals surface area (Å²) in [6, 6.07) is 7.53. The fourth-order valence-corrected chi connectivity index (χ4v) is 4.82. The Labute approximate surface area is 207 Å². The lowest BCUT2D eigenvalue weighted by molar-refractivity contribution is 0.117. The van der Waals surface area contributed by atoms with Crippen LogP contribution in [0.5, 0.6) is 0 Å². The Morgan fingerprint density at radius 3 is 2.75 bits per heavy atom. The second-order valence-corrected chi connectivity index (χ2v) is 8.99. The number of fused-ring (bicyclic) bond motifs is 2. The van der Waals surface area contributed by atoms with Crippen molar-refractivity contribution in [1.82, 2.24) is 34.1 Å². The molecule has 1 aliphatic rings. The largest absolute Gasteiger partial charge is 0.341 e. The molecule has 3 aromatic heterocycles. The van der Waals surface area contributed by atoms with Gasteiger partial charge in [-0.2, -0.15) is 4.98 Å². The van der Waals surface area contributed by atoms with Crippen molar-refractivity contribution >= 4 is 28.0 Å². The maximum Gasteiger partial charge on any atom is 0.332 e. The minimum atomic E-state index is -0.492. The lowest BCUT2D eigenvalue weighted by atomic mass is 10.1. The van der Waals surface area contributed by atoms with E-state index in [1.807, 2.05) is 36.1 Å². The molecule has 36 heavy (non-hydrogen) atoms. The van der Waals surface area contributed by atoms with Gasteiger partial charge in [0.05, 0.1) is 18.6 Å². The van der Waals surface area contributed by atoms with Gasteiger partial charge in [-0.25, -0.2) is 20.2 Å². The third-order valence-electron chi connectivity index (χ3n) is 6.65. The highest BCUT2D eigenvalue weighted by Crippen LogP contribution is 2.23. The summed E-state index contributed by atoms with van der Waals surface area (Å²) in [5, 5.41) is 10.4. The zero-order valence-electron chi connectivity index (χ0n) is 20.5. The predicted octanol–water partition coefficient (Wildman–Crippen LogP) is 1.17. The number of rotatable bonds is 5. The topological polar surface area (TPSA) is 123 Å². The van der Waals surface area contributed by atoms with Crippen molar-refractivity contribution < 1.29 is 5.21 Å². The predicted molar refractivity (Wildman–Crippen MR) is 136 cm³/mol. The second kappa shape index (κ2) is 9.56. The van der Waals surface area contributed by atoms with E-state index < -0.39 is 11.2 Å². The number of piperidine rings is 1. The van der Waals surface area contributed by atoms with Gasteiger partial charge in [0.15, 0.2) is 11.2 Å². The number of hydrogen-bond donors (Lipinski definition) is 2. The first kappa shape index (κ1) is 23.7. The zero-order valence-corrected chi connectivity index (χ0v) is 20.5. The van der Waals surface area contributed by atoms with Gasteiger partial charge < -0.3 is 10.1 Å². The summed E-state index contributed by atoms with van der Waals surface area (Å²) in [5.41, 5.74) is 3.52. The fraction of sp³-hybridized carbons (Fsp3) is 0.400. The van der Waals surface area contributed by atoms with Crippen molar-refractivity contribution in [3.8, 4) is 11.8 Å². The van der Waals surface area contributed by atoms with E-state index in [0.717, 1.165) is 34.0 Å². The molecule has 4 aromatic rings. The van der Waals surface area contributed by atoms with Crippen LogP contribution in [0.15, 0.2) is 33.9 Å². The normalized spacial score (nSPS) is 15.9. The molecule has 186 valence electrons. The number of anilines is 1. The molecule has 5 rings (SSSR count). The van der Waals surface area contributed by atoms with Crippen LogP contribution in [0.2, 0.25) is 0 Å². The monoisotopic (exact) mass is 488 g/mol. The van der Waals surface area contributed by atoms with Crippen LogP contribution in [0.25, 0.3) is 22.1 Å². The van der Waals surface area contributed by atoms with Gasteiger partial charge in [0.2, 0.25) is 5.95 Å². The first-order valence-corrected chi connectivity index (χ1v) is 11.9. The van der Waals surface area contributed by atoms with Crippen LogP contribution in [0.4, 0.5) is 5.95 Å². The van der Waals surface area contributed by atoms with Gasteiger partial charge in [0.25, 0.3) is 5.56 Å². The van der Waals surface area contributed by atoms with E-state index in [4.69, 9.17) is 4.98 Å². The highest BCUT2D eigenvalue weighted by atomic mass is 16.5. The molecule has 11 nitrogen and oxygen atoms in total. The summed E-state index contributed by atoms with van der Waals surface area (Å²) in [6.45, 7) is 5.04. The third-order valence-corrected chi connectivity index (χ3v) is 6.65. The lowest BCUT2D eigenvalue weighted by Crippen LogP contribution is -2.45. The van der Waals surface area contributed by atoms with Crippen LogP contribution in [-0.2, 0) is 20.1 Å². The number of para-hydroxylation sites is 1. The Kier molecular flexibility index (Phi) is 6.30. The van der Waals surface area contributed by atoms with E-state index in [9.17, 15) is 14.8 Å². The first-order chi connectivity index (χ1) is 17.4. The smallest absolute Gasteiger partial charge is 0.332 e. The van der Waals surface area contributed by atoms with Crippen LogP contribution < -0.4 is 21.6 Å². The van der Waals surface area contributed by atoms with Crippen LogP contribution in [-0.4, -0.2) is 53.0 Å². The van der Waals surface area contributed by atoms with E-state index >= 15 is 0 Å². The van der Waals surface area contributed by atoms with Crippen molar-refractivity contribution in [2.45, 2.75) is 45.8 Å². The van der Waals surface area contributed by atoms with Gasteiger partial charge in [-0.3, -0.25) is 18.5 Å². The van der Waals surface area contributed by atoms with Gasteiger partial charge in [-0.1, -0.05) is 24.1 Å². The summed E-state index contributed by atoms with van der Waals surface area (Å²) < 4.78 is 4.30. The van der Waals surface area contributed by atoms with Gasteiger partial charge in [-0.15, -0.1) is 5.92 Å². The summed E-state index contributed by atoms with van der Waals surface area (Å²) in [5.74, 6) is 6.84. The Morgan fingerprint density at radius 1 is 1.17 bits per heavy atom. The molecule has 11 heteroatoms. The summed E-state index contributed by atoms with van der Waals surface area (Å²) in [4.78, 5) is 42.9. The average Bonchev–Trinajstić information content (AvgIpc) is 3.28. The fourth-order valence-electron chi connectivity index (χ4n) is 4.82. The van der Waals surface area contributed by atoms with E-state index in [1.165, 1.54) is 4.57 Å². The van der Waals surface area contributed by atoms with Crippen molar-refractivity contribution in [3.63, 3.8) is 0 Å². The number of hydroxylamine groups is 1. The zero-order chi connectivity index (χ0) is 25.4. The second-order valence-electron chi connectivity index (χ2n) is 8.99. The van der Waals surface area contributed by atoms with Gasteiger partial charge in [0.1, 0.15) is 5.82 Å². The quantitative estimate of drug-likeness (QED) is 0.317. The molecule has 1 fully saturated rings. The minimum absolute atomic E-state index is 0.0622. The van der Waals surface area contributed by atoms with E-state index in [1.54, 1.807) is 18.5 Å². The molecule has 0 bridgehead atoms. The molecule has 2 N–H and O–H groups in total. The number of aromatic nitrogens is 6. The standard InChI is InChI=1S/C25H28N8O3/c1-4-5-13-32-21-22(28-24(32)31-12-8-9-17(14-31)29-36)30(3)25(35)33(23(21)34)15-20-26-16(2)18-10-6-7-11-19(18)27-20/h6-7,10-11,17,29,36H,8-9,12-15H2,1-3H3/t17-/m1/s1. The number of imidazole rings is 1. The molecule has 0 amide bonds. The molecule has 1 aromatic carbocycles. The summed E-state index contributed by atoms with van der Waals surface area (Å²) >= 11 is 0. The maximum absolute atomic E-state index is 13.8. The minimum Gasteiger partial charge on any atom is -0.341 e. The Balaban J connectivity index is 1.67. The van der Waals surface area contributed by atoms with Crippen LogP contribution in [0.3, 0.4) is 0 Å². The van der Waals surface area contributed by atoms with Crippen molar-refractivity contribution in [1.29, 1.82) is 0 Å². The summed E-state index contributed by atoms with van der Waals surface area (Å²) in [6.07, 6.45) is 1.68. The lowest BCUT2D eigenvalue weighted by Gasteiger charge is -2.32. The molecular formula is C25H28N8O3. The third kappa shape index (κ3) is 4.04. The first-order valence-electron chi connectivity index (χ1n) is 11.9. The molecule has 1 atom stereocenters. The Morgan fingerprint density at radius 2 is 1.97 bits per heavy atom. The van der Waals surface area contributed by atoms with Crippen molar-refractivity contribution in [2.75, 3.05) is 18.0 Å². The molecule has 0 unspecified atom stereocenters. The SMILES string of the molecule is CC#CCn1c(N2CCC[C@@H](NO)C2)nc2c1c(=O)n(Cc1nc(C)c3ccccc3n1)c(=O)n2C. The molecule has 0 aliphatic carbocycles. The van der Waals surface area contributed by atoms with Gasteiger partial charge >= 0.3 is 5.69 Å². The molecular weight excluding hydrogens is 460 g/mol. The maximum atomic E-state index is 13.8. The number of aryl methyl sites for hydroxylation is 2. The number of nitrogens with one attached hydrogen (secondary N) is 1. The summed E-state index contributed by atoms with van der Waals surface area (Å²) in [7, 11) is 1.61. The van der Waals surface area contributed by atoms with E-state index in [0.29, 0.717) is 36.0 Å². The van der Waals surface area contributed by atoms with E-state index in [-0.39, 0.29) is 19.1 Å². The highest BCUT2D eigenvalue weighted by molar-refractivity contribution is 5.80. The van der Waals surface area contributed by atoms with Crippen molar-refractivity contribution in [3.05, 3.63) is 56.6 Å². The molecule has 1 aliphatic heterocycles. The Bertz CT molecular complexity index is 1640. The number of nitrogens with zero attached hydrogens (tertiary/aromatic N) is 7.